The van der Waals surface area contributed by atoms with Gasteiger partial charge in [-0.15, -0.1) is 0 Å². The fraction of sp³-hybridized carbons (Fsp3) is 0.625. The van der Waals surface area contributed by atoms with E-state index in [0.717, 1.165) is 26.2 Å². The predicted octanol–water partition coefficient (Wildman–Crippen LogP) is 1.27. The van der Waals surface area contributed by atoms with Gasteiger partial charge < -0.3 is 20.3 Å². The fourth-order valence-corrected chi connectivity index (χ4v) is 3.22. The van der Waals surface area contributed by atoms with Crippen molar-refractivity contribution in [2.45, 2.75) is 19.9 Å². The molecule has 1 fully saturated rings. The quantitative estimate of drug-likeness (QED) is 0.529. The van der Waals surface area contributed by atoms with Crippen molar-refractivity contribution in [3.8, 4) is 11.5 Å². The number of aliphatic hydroxyl groups excluding tert-OH is 1. The molecule has 0 spiro atoms. The first-order chi connectivity index (χ1) is 11.3. The highest BCUT2D eigenvalue weighted by atomic mass is 16.6. The monoisotopic (exact) mass is 339 g/mol. The topological polar surface area (TPSA) is 108 Å². The standard InChI is InChI=1S/C16H25N3O5/c1-16(2,10-20)15(18-6-4-17-5-7-18)12-8-11(19(22)23)9-13(24-3)14(12)21/h8-9,15,17,20-21H,4-7,10H2,1-3H3/t15-/m1/s1. The molecule has 1 aliphatic rings. The molecule has 1 aromatic carbocycles. The Labute approximate surface area is 141 Å². The van der Waals surface area contributed by atoms with Crippen LogP contribution in [-0.2, 0) is 0 Å². The van der Waals surface area contributed by atoms with Crippen molar-refractivity contribution in [1.82, 2.24) is 10.2 Å². The van der Waals surface area contributed by atoms with E-state index in [2.05, 4.69) is 10.2 Å². The Morgan fingerprint density at radius 1 is 1.42 bits per heavy atom. The number of phenolic OH excluding ortho intramolecular Hbond substituents is 1. The lowest BCUT2D eigenvalue weighted by Gasteiger charge is -2.43. The Bertz CT molecular complexity index is 600. The second-order valence-electron chi connectivity index (χ2n) is 6.68. The highest BCUT2D eigenvalue weighted by Gasteiger charge is 2.38. The average Bonchev–Trinajstić information content (AvgIpc) is 2.57. The van der Waals surface area contributed by atoms with Gasteiger partial charge in [-0.3, -0.25) is 15.0 Å². The molecule has 0 aromatic heterocycles. The second-order valence-corrected chi connectivity index (χ2v) is 6.68. The Hall–Kier alpha value is -1.90. The highest BCUT2D eigenvalue weighted by molar-refractivity contribution is 5.55. The Morgan fingerprint density at radius 2 is 2.04 bits per heavy atom. The van der Waals surface area contributed by atoms with Gasteiger partial charge in [0.05, 0.1) is 18.1 Å². The van der Waals surface area contributed by atoms with Crippen LogP contribution in [0.2, 0.25) is 0 Å². The number of hydrogen-bond acceptors (Lipinski definition) is 7. The molecule has 8 heteroatoms. The number of nitrogens with zero attached hydrogens (tertiary/aromatic N) is 2. The molecule has 0 amide bonds. The van der Waals surface area contributed by atoms with Crippen molar-refractivity contribution < 1.29 is 19.9 Å². The van der Waals surface area contributed by atoms with Crippen LogP contribution in [0.1, 0.15) is 25.5 Å². The van der Waals surface area contributed by atoms with Gasteiger partial charge in [0.15, 0.2) is 11.5 Å². The summed E-state index contributed by atoms with van der Waals surface area (Å²) in [5, 5.41) is 35.0. The maximum absolute atomic E-state index is 11.2. The van der Waals surface area contributed by atoms with Gasteiger partial charge in [0, 0.05) is 55.9 Å². The van der Waals surface area contributed by atoms with Gasteiger partial charge in [0.25, 0.3) is 5.69 Å². The van der Waals surface area contributed by atoms with E-state index in [4.69, 9.17) is 4.74 Å². The number of hydrogen-bond donors (Lipinski definition) is 3. The molecule has 2 rings (SSSR count). The Morgan fingerprint density at radius 3 is 2.54 bits per heavy atom. The van der Waals surface area contributed by atoms with Crippen molar-refractivity contribution in [3.63, 3.8) is 0 Å². The number of aliphatic hydroxyl groups is 1. The number of nitrogens with one attached hydrogen (secondary N) is 1. The third kappa shape index (κ3) is 3.61. The summed E-state index contributed by atoms with van der Waals surface area (Å²) >= 11 is 0. The number of nitro benzene ring substituents is 1. The first-order valence-electron chi connectivity index (χ1n) is 7.92. The zero-order chi connectivity index (χ0) is 17.9. The van der Waals surface area contributed by atoms with Crippen LogP contribution in [0.25, 0.3) is 0 Å². The molecule has 0 aliphatic carbocycles. The van der Waals surface area contributed by atoms with E-state index >= 15 is 0 Å². The van der Waals surface area contributed by atoms with E-state index in [1.54, 1.807) is 0 Å². The Kier molecular flexibility index (Phi) is 5.63. The average molecular weight is 339 g/mol. The SMILES string of the molecule is COc1cc([N+](=O)[O-])cc([C@@H](N2CCNCC2)C(C)(C)CO)c1O. The molecule has 1 aromatic rings. The molecule has 8 nitrogen and oxygen atoms in total. The maximum atomic E-state index is 11.2. The van der Waals surface area contributed by atoms with E-state index in [0.29, 0.717) is 5.56 Å². The third-order valence-corrected chi connectivity index (χ3v) is 4.48. The van der Waals surface area contributed by atoms with Crippen molar-refractivity contribution in [3.05, 3.63) is 27.8 Å². The van der Waals surface area contributed by atoms with Gasteiger partial charge in [0.2, 0.25) is 0 Å². The minimum absolute atomic E-state index is 0.0630. The summed E-state index contributed by atoms with van der Waals surface area (Å²) in [7, 11) is 1.36. The minimum Gasteiger partial charge on any atom is -0.504 e. The van der Waals surface area contributed by atoms with Crippen LogP contribution >= 0.6 is 0 Å². The summed E-state index contributed by atoms with van der Waals surface area (Å²) in [4.78, 5) is 12.9. The fourth-order valence-electron chi connectivity index (χ4n) is 3.22. The smallest absolute Gasteiger partial charge is 0.273 e. The molecule has 1 heterocycles. The molecule has 0 radical (unpaired) electrons. The largest absolute Gasteiger partial charge is 0.504 e. The lowest BCUT2D eigenvalue weighted by atomic mass is 9.79. The molecule has 0 saturated carbocycles. The van der Waals surface area contributed by atoms with Crippen molar-refractivity contribution >= 4 is 5.69 Å². The molecule has 0 bridgehead atoms. The van der Waals surface area contributed by atoms with Gasteiger partial charge in [-0.05, 0) is 0 Å². The minimum atomic E-state index is -0.602. The molecule has 0 unspecified atom stereocenters. The van der Waals surface area contributed by atoms with Crippen molar-refractivity contribution in [2.75, 3.05) is 39.9 Å². The third-order valence-electron chi connectivity index (χ3n) is 4.48. The summed E-state index contributed by atoms with van der Waals surface area (Å²) in [6, 6.07) is 2.21. The number of piperazine rings is 1. The molecule has 1 saturated heterocycles. The van der Waals surface area contributed by atoms with E-state index in [9.17, 15) is 20.3 Å². The van der Waals surface area contributed by atoms with Crippen molar-refractivity contribution in [2.24, 2.45) is 5.41 Å². The number of rotatable bonds is 6. The number of aromatic hydroxyl groups is 1. The first kappa shape index (κ1) is 18.4. The van der Waals surface area contributed by atoms with Crippen LogP contribution in [0.4, 0.5) is 5.69 Å². The number of non-ortho nitro benzene ring substituents is 1. The van der Waals surface area contributed by atoms with Crippen LogP contribution in [0.15, 0.2) is 12.1 Å². The molecule has 1 atom stereocenters. The van der Waals surface area contributed by atoms with Crippen LogP contribution in [-0.4, -0.2) is 59.9 Å². The van der Waals surface area contributed by atoms with E-state index in [-0.39, 0.29) is 29.8 Å². The van der Waals surface area contributed by atoms with Gasteiger partial charge >= 0.3 is 0 Å². The van der Waals surface area contributed by atoms with E-state index in [1.807, 2.05) is 13.8 Å². The van der Waals surface area contributed by atoms with Crippen molar-refractivity contribution in [1.29, 1.82) is 0 Å². The Balaban J connectivity index is 2.60. The summed E-state index contributed by atoms with van der Waals surface area (Å²) in [5.41, 5.74) is -0.342. The van der Waals surface area contributed by atoms with E-state index in [1.165, 1.54) is 19.2 Å². The van der Waals surface area contributed by atoms with Gasteiger partial charge in [-0.25, -0.2) is 0 Å². The molecule has 134 valence electrons. The van der Waals surface area contributed by atoms with Crippen LogP contribution in [0.3, 0.4) is 0 Å². The highest BCUT2D eigenvalue weighted by Crippen LogP contribution is 2.46. The van der Waals surface area contributed by atoms with Gasteiger partial charge in [0.1, 0.15) is 0 Å². The molecule has 3 N–H and O–H groups in total. The number of ether oxygens (including phenoxy) is 1. The molecular weight excluding hydrogens is 314 g/mol. The lowest BCUT2D eigenvalue weighted by molar-refractivity contribution is -0.385. The second kappa shape index (κ2) is 7.33. The lowest BCUT2D eigenvalue weighted by Crippen LogP contribution is -2.49. The van der Waals surface area contributed by atoms with Gasteiger partial charge in [-0.1, -0.05) is 13.8 Å². The zero-order valence-corrected chi connectivity index (χ0v) is 14.3. The number of benzene rings is 1. The molecular formula is C16H25N3O5. The molecule has 24 heavy (non-hydrogen) atoms. The van der Waals surface area contributed by atoms with E-state index < -0.39 is 10.3 Å². The summed E-state index contributed by atoms with van der Waals surface area (Å²) < 4.78 is 5.11. The summed E-state index contributed by atoms with van der Waals surface area (Å²) in [5.74, 6) is -0.0544. The number of phenols is 1. The van der Waals surface area contributed by atoms with Crippen LogP contribution in [0, 0.1) is 15.5 Å². The zero-order valence-electron chi connectivity index (χ0n) is 14.3. The summed E-state index contributed by atoms with van der Waals surface area (Å²) in [6.45, 7) is 6.65. The predicted molar refractivity (Wildman–Crippen MR) is 89.4 cm³/mol. The normalized spacial score (nSPS) is 17.5. The van der Waals surface area contributed by atoms with Crippen LogP contribution < -0.4 is 10.1 Å². The maximum Gasteiger partial charge on any atom is 0.273 e. The number of nitro groups is 1. The number of methoxy groups -OCH3 is 1. The van der Waals surface area contributed by atoms with Gasteiger partial charge in [-0.2, -0.15) is 0 Å². The first-order valence-corrected chi connectivity index (χ1v) is 7.92. The van der Waals surface area contributed by atoms with Crippen LogP contribution in [0.5, 0.6) is 11.5 Å². The summed E-state index contributed by atoms with van der Waals surface area (Å²) in [6.07, 6.45) is 0. The molecule has 1 aliphatic heterocycles.